The molecular weight excluding hydrogens is 288 g/mol. The van der Waals surface area contributed by atoms with Crippen LogP contribution in [0, 0.1) is 5.92 Å². The molecule has 0 aliphatic rings. The fraction of sp³-hybridized carbons (Fsp3) is 0.333. The minimum Gasteiger partial charge on any atom is -0.504 e. The third-order valence-corrected chi connectivity index (χ3v) is 2.88. The maximum absolute atomic E-state index is 11.8. The summed E-state index contributed by atoms with van der Waals surface area (Å²) in [5.74, 6) is -1.58. The number of benzene rings is 1. The maximum Gasteiger partial charge on any atom is 0.265 e. The van der Waals surface area contributed by atoms with E-state index in [-0.39, 0.29) is 17.4 Å². The van der Waals surface area contributed by atoms with E-state index in [0.717, 1.165) is 0 Å². The van der Waals surface area contributed by atoms with Gasteiger partial charge in [-0.25, -0.2) is 5.48 Å². The summed E-state index contributed by atoms with van der Waals surface area (Å²) in [6.07, 6.45) is 3.01. The molecule has 0 saturated heterocycles. The van der Waals surface area contributed by atoms with Gasteiger partial charge in [-0.3, -0.25) is 14.8 Å². The van der Waals surface area contributed by atoms with Crippen molar-refractivity contribution in [3.63, 3.8) is 0 Å². The van der Waals surface area contributed by atoms with Crippen molar-refractivity contribution < 1.29 is 25.0 Å². The van der Waals surface area contributed by atoms with Gasteiger partial charge in [0.2, 0.25) is 5.91 Å². The lowest BCUT2D eigenvalue weighted by molar-refractivity contribution is -0.134. The molecule has 120 valence electrons. The van der Waals surface area contributed by atoms with Crippen LogP contribution in [0.15, 0.2) is 24.3 Å². The molecule has 0 fully saturated rings. The van der Waals surface area contributed by atoms with Crippen molar-refractivity contribution in [2.24, 2.45) is 5.92 Å². The Labute approximate surface area is 128 Å². The zero-order chi connectivity index (χ0) is 16.7. The van der Waals surface area contributed by atoms with Gasteiger partial charge < -0.3 is 15.5 Å². The van der Waals surface area contributed by atoms with Gasteiger partial charge in [0.05, 0.1) is 0 Å². The fourth-order valence-electron chi connectivity index (χ4n) is 1.82. The van der Waals surface area contributed by atoms with Crippen molar-refractivity contribution in [3.05, 3.63) is 29.8 Å². The molecule has 1 atom stereocenters. The summed E-state index contributed by atoms with van der Waals surface area (Å²) in [5, 5.41) is 29.7. The number of carbonyl (C=O) groups excluding carboxylic acids is 2. The van der Waals surface area contributed by atoms with Crippen LogP contribution in [-0.2, 0) is 9.59 Å². The largest absolute Gasteiger partial charge is 0.504 e. The number of nitrogens with one attached hydrogen (secondary N) is 2. The lowest BCUT2D eigenvalue weighted by atomic mass is 10.0. The fourth-order valence-corrected chi connectivity index (χ4v) is 1.82. The monoisotopic (exact) mass is 308 g/mol. The molecule has 5 N–H and O–H groups in total. The third-order valence-electron chi connectivity index (χ3n) is 2.88. The minimum absolute atomic E-state index is 0.153. The van der Waals surface area contributed by atoms with Crippen LogP contribution in [0.25, 0.3) is 6.08 Å². The first-order valence-corrected chi connectivity index (χ1v) is 6.78. The van der Waals surface area contributed by atoms with Crippen LogP contribution in [0.2, 0.25) is 0 Å². The zero-order valence-electron chi connectivity index (χ0n) is 12.4. The zero-order valence-corrected chi connectivity index (χ0v) is 12.4. The quantitative estimate of drug-likeness (QED) is 0.234. The van der Waals surface area contributed by atoms with Crippen molar-refractivity contribution in [1.82, 2.24) is 10.8 Å². The van der Waals surface area contributed by atoms with Crippen molar-refractivity contribution in [2.45, 2.75) is 26.3 Å². The number of hydroxylamine groups is 1. The normalized spacial score (nSPS) is 12.4. The van der Waals surface area contributed by atoms with Crippen LogP contribution in [0.5, 0.6) is 11.5 Å². The Bertz CT molecular complexity index is 569. The number of hydrogen-bond donors (Lipinski definition) is 5. The first-order chi connectivity index (χ1) is 10.3. The molecule has 7 nitrogen and oxygen atoms in total. The molecular formula is C15H20N2O5. The average Bonchev–Trinajstić information content (AvgIpc) is 2.46. The number of phenolic OH excluding ortho intramolecular Hbond substituents is 2. The van der Waals surface area contributed by atoms with E-state index in [4.69, 9.17) is 5.21 Å². The van der Waals surface area contributed by atoms with E-state index in [1.807, 2.05) is 13.8 Å². The van der Waals surface area contributed by atoms with Gasteiger partial charge in [-0.15, -0.1) is 0 Å². The summed E-state index contributed by atoms with van der Waals surface area (Å²) in [6, 6.07) is 3.28. The minimum atomic E-state index is -0.838. The Morgan fingerprint density at radius 1 is 1.23 bits per heavy atom. The van der Waals surface area contributed by atoms with Gasteiger partial charge in [-0.1, -0.05) is 19.9 Å². The molecule has 1 aromatic carbocycles. The Balaban J connectivity index is 2.71. The molecule has 0 saturated carbocycles. The Kier molecular flexibility index (Phi) is 6.40. The highest BCUT2D eigenvalue weighted by molar-refractivity contribution is 5.95. The van der Waals surface area contributed by atoms with E-state index < -0.39 is 17.9 Å². The molecule has 0 bridgehead atoms. The van der Waals surface area contributed by atoms with Gasteiger partial charge in [0.1, 0.15) is 6.04 Å². The molecule has 0 heterocycles. The predicted octanol–water partition coefficient (Wildman–Crippen LogP) is 1.15. The first kappa shape index (κ1) is 17.5. The summed E-state index contributed by atoms with van der Waals surface area (Å²) in [4.78, 5) is 23.3. The molecule has 1 aromatic rings. The molecule has 0 aliphatic carbocycles. The summed E-state index contributed by atoms with van der Waals surface area (Å²) < 4.78 is 0. The second-order valence-electron chi connectivity index (χ2n) is 5.25. The van der Waals surface area contributed by atoms with E-state index in [1.54, 1.807) is 0 Å². The van der Waals surface area contributed by atoms with Gasteiger partial charge in [0, 0.05) is 6.08 Å². The molecule has 0 aromatic heterocycles. The maximum atomic E-state index is 11.8. The number of phenols is 2. The predicted molar refractivity (Wildman–Crippen MR) is 80.1 cm³/mol. The van der Waals surface area contributed by atoms with E-state index in [9.17, 15) is 19.8 Å². The molecule has 2 amide bonds. The van der Waals surface area contributed by atoms with Crippen LogP contribution in [0.3, 0.4) is 0 Å². The topological polar surface area (TPSA) is 119 Å². The van der Waals surface area contributed by atoms with Gasteiger partial charge in [0.25, 0.3) is 5.91 Å². The molecule has 0 spiro atoms. The number of hydrogen-bond acceptors (Lipinski definition) is 5. The second-order valence-corrected chi connectivity index (χ2v) is 5.25. The van der Waals surface area contributed by atoms with Crippen molar-refractivity contribution in [3.8, 4) is 11.5 Å². The molecule has 22 heavy (non-hydrogen) atoms. The highest BCUT2D eigenvalue weighted by Crippen LogP contribution is 2.25. The third kappa shape index (κ3) is 5.45. The van der Waals surface area contributed by atoms with Crippen LogP contribution in [-0.4, -0.2) is 33.3 Å². The van der Waals surface area contributed by atoms with E-state index in [0.29, 0.717) is 12.0 Å². The Morgan fingerprint density at radius 3 is 2.45 bits per heavy atom. The smallest absolute Gasteiger partial charge is 0.265 e. The lowest BCUT2D eigenvalue weighted by Gasteiger charge is -2.17. The van der Waals surface area contributed by atoms with Crippen molar-refractivity contribution in [1.29, 1.82) is 0 Å². The summed E-state index contributed by atoms with van der Waals surface area (Å²) in [5.41, 5.74) is 2.04. The first-order valence-electron chi connectivity index (χ1n) is 6.78. The highest BCUT2D eigenvalue weighted by Gasteiger charge is 2.20. The average molecular weight is 308 g/mol. The van der Waals surface area contributed by atoms with E-state index >= 15 is 0 Å². The van der Waals surface area contributed by atoms with Crippen LogP contribution < -0.4 is 10.8 Å². The number of aromatic hydroxyl groups is 2. The Morgan fingerprint density at radius 2 is 1.91 bits per heavy atom. The van der Waals surface area contributed by atoms with Gasteiger partial charge >= 0.3 is 0 Å². The highest BCUT2D eigenvalue weighted by atomic mass is 16.5. The molecule has 7 heteroatoms. The number of amides is 2. The van der Waals surface area contributed by atoms with E-state index in [2.05, 4.69) is 5.32 Å². The number of carbonyl (C=O) groups is 2. The van der Waals surface area contributed by atoms with Crippen molar-refractivity contribution in [2.75, 3.05) is 0 Å². The molecule has 0 unspecified atom stereocenters. The molecule has 0 aliphatic heterocycles. The van der Waals surface area contributed by atoms with E-state index in [1.165, 1.54) is 35.8 Å². The summed E-state index contributed by atoms with van der Waals surface area (Å²) in [7, 11) is 0. The Hall–Kier alpha value is -2.54. The molecule has 0 radical (unpaired) electrons. The van der Waals surface area contributed by atoms with Gasteiger partial charge in [0.15, 0.2) is 11.5 Å². The summed E-state index contributed by atoms with van der Waals surface area (Å²) >= 11 is 0. The number of rotatable bonds is 6. The van der Waals surface area contributed by atoms with Crippen LogP contribution in [0.4, 0.5) is 0 Å². The van der Waals surface area contributed by atoms with Crippen LogP contribution >= 0.6 is 0 Å². The van der Waals surface area contributed by atoms with Crippen molar-refractivity contribution >= 4 is 17.9 Å². The van der Waals surface area contributed by atoms with Gasteiger partial charge in [-0.2, -0.15) is 0 Å². The van der Waals surface area contributed by atoms with Crippen LogP contribution in [0.1, 0.15) is 25.8 Å². The SMILES string of the molecule is CC(C)C[C@H](NC(=O)/C=C/c1ccc(O)c(O)c1)C(=O)NO. The molecule has 1 rings (SSSR count). The summed E-state index contributed by atoms with van der Waals surface area (Å²) in [6.45, 7) is 3.78. The second kappa shape index (κ2) is 8.04. The standard InChI is InChI=1S/C15H20N2O5/c1-9(2)7-11(15(21)17-22)16-14(20)6-4-10-3-5-12(18)13(19)8-10/h3-6,8-9,11,18-19,22H,7H2,1-2H3,(H,16,20)(H,17,21)/b6-4+/t11-/m0/s1. The van der Waals surface area contributed by atoms with Gasteiger partial charge in [-0.05, 0) is 36.1 Å². The lowest BCUT2D eigenvalue weighted by Crippen LogP contribution is -2.46.